The monoisotopic (exact) mass is 331 g/mol. The number of nitrogens with one attached hydrogen (secondary N) is 1. The molecule has 1 unspecified atom stereocenters. The van der Waals surface area contributed by atoms with Gasteiger partial charge in [0.05, 0.1) is 10.4 Å². The van der Waals surface area contributed by atoms with Crippen LogP contribution in [0.3, 0.4) is 0 Å². The van der Waals surface area contributed by atoms with E-state index in [9.17, 15) is 9.59 Å². The quantitative estimate of drug-likeness (QED) is 0.642. The van der Waals surface area contributed by atoms with Gasteiger partial charge in [0.2, 0.25) is 5.91 Å². The molecule has 0 aliphatic carbocycles. The summed E-state index contributed by atoms with van der Waals surface area (Å²) in [5.74, 6) is -0.822. The number of ether oxygens (including phenoxy) is 1. The lowest BCUT2D eigenvalue weighted by atomic mass is 10.1. The maximum absolute atomic E-state index is 11.7. The molecule has 1 atom stereocenters. The summed E-state index contributed by atoms with van der Waals surface area (Å²) in [6.07, 6.45) is 1.54. The topological polar surface area (TPSA) is 55.4 Å². The van der Waals surface area contributed by atoms with E-state index in [4.69, 9.17) is 4.74 Å². The third-order valence-electron chi connectivity index (χ3n) is 2.13. The van der Waals surface area contributed by atoms with Crippen LogP contribution in [0.15, 0.2) is 27.9 Å². The fourth-order valence-corrected chi connectivity index (χ4v) is 2.58. The molecule has 1 aromatic heterocycles. The first-order chi connectivity index (χ1) is 8.56. The smallest absolute Gasteiger partial charge is 0.328 e. The van der Waals surface area contributed by atoms with Gasteiger partial charge >= 0.3 is 5.97 Å². The second kappa shape index (κ2) is 7.33. The summed E-state index contributed by atoms with van der Waals surface area (Å²) >= 11 is 4.88. The van der Waals surface area contributed by atoms with Gasteiger partial charge in [-0.05, 0) is 45.9 Å². The van der Waals surface area contributed by atoms with Gasteiger partial charge in [-0.1, -0.05) is 6.58 Å². The molecule has 1 amide bonds. The van der Waals surface area contributed by atoms with Gasteiger partial charge in [0.1, 0.15) is 6.04 Å². The minimum atomic E-state index is -0.683. The Balaban J connectivity index is 2.73. The van der Waals surface area contributed by atoms with E-state index in [0.717, 1.165) is 15.4 Å². The molecule has 1 aromatic rings. The van der Waals surface area contributed by atoms with E-state index in [-0.39, 0.29) is 12.5 Å². The van der Waals surface area contributed by atoms with Crippen molar-refractivity contribution in [3.63, 3.8) is 0 Å². The molecular weight excluding hydrogens is 318 g/mol. The van der Waals surface area contributed by atoms with Crippen LogP contribution in [0.2, 0.25) is 0 Å². The van der Waals surface area contributed by atoms with Crippen LogP contribution in [-0.2, 0) is 20.7 Å². The van der Waals surface area contributed by atoms with Gasteiger partial charge in [0.25, 0.3) is 0 Å². The second-order valence-electron chi connectivity index (χ2n) is 3.48. The Morgan fingerprint density at radius 1 is 1.67 bits per heavy atom. The Morgan fingerprint density at radius 2 is 2.39 bits per heavy atom. The van der Waals surface area contributed by atoms with Crippen molar-refractivity contribution < 1.29 is 14.3 Å². The van der Waals surface area contributed by atoms with Gasteiger partial charge in [-0.25, -0.2) is 4.79 Å². The Kier molecular flexibility index (Phi) is 6.07. The molecule has 4 nitrogen and oxygen atoms in total. The molecule has 1 rings (SSSR count). The first kappa shape index (κ1) is 14.9. The van der Waals surface area contributed by atoms with Crippen LogP contribution in [0, 0.1) is 0 Å². The average molecular weight is 332 g/mol. The summed E-state index contributed by atoms with van der Waals surface area (Å²) in [7, 11) is 0. The summed E-state index contributed by atoms with van der Waals surface area (Å²) in [4.78, 5) is 23.0. The zero-order valence-electron chi connectivity index (χ0n) is 9.94. The summed E-state index contributed by atoms with van der Waals surface area (Å²) in [6, 6.07) is 1.23. The predicted octanol–water partition coefficient (Wildman–Crippen LogP) is 2.29. The zero-order valence-corrected chi connectivity index (χ0v) is 12.3. The minimum Gasteiger partial charge on any atom is -0.464 e. The number of hydrogen-bond acceptors (Lipinski definition) is 4. The summed E-state index contributed by atoms with van der Waals surface area (Å²) < 4.78 is 5.91. The highest BCUT2D eigenvalue weighted by Crippen LogP contribution is 2.21. The fraction of sp³-hybridized carbons (Fsp3) is 0.333. The standard InChI is InChI=1S/C12H14BrNO3S/c1-3-11(15)14-9(12(16)17-4-2)5-8-6-10(13)18-7-8/h3,6-7,9H,1,4-5H2,2H3,(H,14,15). The van der Waals surface area contributed by atoms with Gasteiger partial charge in [-0.15, -0.1) is 11.3 Å². The van der Waals surface area contributed by atoms with E-state index in [1.807, 2.05) is 11.4 Å². The van der Waals surface area contributed by atoms with Crippen molar-refractivity contribution in [2.75, 3.05) is 6.61 Å². The van der Waals surface area contributed by atoms with E-state index in [2.05, 4.69) is 27.8 Å². The molecule has 6 heteroatoms. The van der Waals surface area contributed by atoms with Gasteiger partial charge in [-0.3, -0.25) is 4.79 Å². The molecule has 0 aromatic carbocycles. The highest BCUT2D eigenvalue weighted by molar-refractivity contribution is 9.11. The Morgan fingerprint density at radius 3 is 2.89 bits per heavy atom. The largest absolute Gasteiger partial charge is 0.464 e. The molecule has 0 saturated heterocycles. The number of thiophene rings is 1. The SMILES string of the molecule is C=CC(=O)NC(Cc1csc(Br)c1)C(=O)OCC. The first-order valence-corrected chi connectivity index (χ1v) is 7.06. The van der Waals surface area contributed by atoms with Crippen LogP contribution in [0.4, 0.5) is 0 Å². The highest BCUT2D eigenvalue weighted by atomic mass is 79.9. The number of carbonyl (C=O) groups is 2. The van der Waals surface area contributed by atoms with Crippen molar-refractivity contribution in [1.82, 2.24) is 5.32 Å². The maximum Gasteiger partial charge on any atom is 0.328 e. The molecule has 0 saturated carbocycles. The summed E-state index contributed by atoms with van der Waals surface area (Å²) in [5.41, 5.74) is 0.967. The third kappa shape index (κ3) is 4.62. The highest BCUT2D eigenvalue weighted by Gasteiger charge is 2.21. The molecule has 0 spiro atoms. The second-order valence-corrected chi connectivity index (χ2v) is 5.77. The molecule has 0 bridgehead atoms. The van der Waals surface area contributed by atoms with Crippen LogP contribution in [0.5, 0.6) is 0 Å². The van der Waals surface area contributed by atoms with Gasteiger partial charge in [0.15, 0.2) is 0 Å². The number of esters is 1. The predicted molar refractivity (Wildman–Crippen MR) is 74.5 cm³/mol. The summed E-state index contributed by atoms with van der Waals surface area (Å²) in [5, 5.41) is 4.49. The molecule has 1 N–H and O–H groups in total. The van der Waals surface area contributed by atoms with Crippen LogP contribution >= 0.6 is 27.3 Å². The molecule has 0 aliphatic heterocycles. The van der Waals surface area contributed by atoms with E-state index < -0.39 is 12.0 Å². The number of rotatable bonds is 6. The lowest BCUT2D eigenvalue weighted by Gasteiger charge is -2.15. The Bertz CT molecular complexity index is 444. The van der Waals surface area contributed by atoms with Crippen molar-refractivity contribution in [1.29, 1.82) is 0 Å². The minimum absolute atomic E-state index is 0.284. The van der Waals surface area contributed by atoms with Crippen molar-refractivity contribution in [3.05, 3.63) is 33.5 Å². The normalized spacial score (nSPS) is 11.7. The van der Waals surface area contributed by atoms with Crippen molar-refractivity contribution in [2.24, 2.45) is 0 Å². The van der Waals surface area contributed by atoms with Crippen LogP contribution in [0.25, 0.3) is 0 Å². The molecular formula is C12H14BrNO3S. The van der Waals surface area contributed by atoms with E-state index >= 15 is 0 Å². The lowest BCUT2D eigenvalue weighted by molar-refractivity contribution is -0.146. The van der Waals surface area contributed by atoms with Crippen LogP contribution in [0.1, 0.15) is 12.5 Å². The van der Waals surface area contributed by atoms with Crippen LogP contribution in [-0.4, -0.2) is 24.5 Å². The zero-order chi connectivity index (χ0) is 13.5. The number of amides is 1. The third-order valence-corrected chi connectivity index (χ3v) is 3.69. The molecule has 0 aliphatic rings. The number of halogens is 1. The molecule has 0 fully saturated rings. The molecule has 98 valence electrons. The van der Waals surface area contributed by atoms with Gasteiger partial charge in [0, 0.05) is 6.42 Å². The van der Waals surface area contributed by atoms with E-state index in [1.54, 1.807) is 6.92 Å². The van der Waals surface area contributed by atoms with Crippen molar-refractivity contribution in [3.8, 4) is 0 Å². The number of carbonyl (C=O) groups excluding carboxylic acids is 2. The van der Waals surface area contributed by atoms with Crippen molar-refractivity contribution >= 4 is 39.1 Å². The van der Waals surface area contributed by atoms with E-state index in [1.165, 1.54) is 11.3 Å². The first-order valence-electron chi connectivity index (χ1n) is 5.39. The lowest BCUT2D eigenvalue weighted by Crippen LogP contribution is -2.42. The molecule has 18 heavy (non-hydrogen) atoms. The van der Waals surface area contributed by atoms with Crippen LogP contribution < -0.4 is 5.32 Å². The van der Waals surface area contributed by atoms with E-state index in [0.29, 0.717) is 6.42 Å². The van der Waals surface area contributed by atoms with Gasteiger partial charge in [-0.2, -0.15) is 0 Å². The van der Waals surface area contributed by atoms with Gasteiger partial charge < -0.3 is 10.1 Å². The Hall–Kier alpha value is -1.14. The van der Waals surface area contributed by atoms with Crippen molar-refractivity contribution in [2.45, 2.75) is 19.4 Å². The molecule has 0 radical (unpaired) electrons. The maximum atomic E-state index is 11.7. The molecule has 1 heterocycles. The number of hydrogen-bond donors (Lipinski definition) is 1. The average Bonchev–Trinajstić information content (AvgIpc) is 2.74. The Labute approximate surface area is 118 Å². The summed E-state index contributed by atoms with van der Waals surface area (Å²) in [6.45, 7) is 5.37. The fourth-order valence-electron chi connectivity index (χ4n) is 1.36.